The molecule has 0 saturated carbocycles. The van der Waals surface area contributed by atoms with E-state index in [2.05, 4.69) is 15.3 Å². The van der Waals surface area contributed by atoms with Crippen LogP contribution in [-0.4, -0.2) is 18.6 Å². The van der Waals surface area contributed by atoms with E-state index >= 15 is 0 Å². The van der Waals surface area contributed by atoms with Crippen LogP contribution in [0, 0.1) is 6.92 Å². The van der Waals surface area contributed by atoms with E-state index in [0.29, 0.717) is 5.82 Å². The van der Waals surface area contributed by atoms with Crippen molar-refractivity contribution in [3.05, 3.63) is 23.9 Å². The fraction of sp³-hybridized carbons (Fsp3) is 0.444. The van der Waals surface area contributed by atoms with E-state index in [1.165, 1.54) is 0 Å². The number of pyridine rings is 1. The van der Waals surface area contributed by atoms with Gasteiger partial charge in [0, 0.05) is 13.2 Å². The second kappa shape index (κ2) is 7.52. The lowest BCUT2D eigenvalue weighted by atomic mass is 10.3. The van der Waals surface area contributed by atoms with Gasteiger partial charge in [0.2, 0.25) is 0 Å². The first-order valence-corrected chi connectivity index (χ1v) is 4.17. The summed E-state index contributed by atoms with van der Waals surface area (Å²) in [5, 5.41) is 0. The molecule has 0 fully saturated rings. The number of nitrogens with two attached hydrogens (primary N) is 1. The Balaban J connectivity index is 0.000000252. The molecule has 1 rings (SSSR count). The minimum absolute atomic E-state index is 0.579. The zero-order valence-electron chi connectivity index (χ0n) is 8.37. The number of aryl methyl sites for hydroxylation is 1. The van der Waals surface area contributed by atoms with Gasteiger partial charge < -0.3 is 10.6 Å². The highest BCUT2D eigenvalue weighted by Gasteiger charge is 1.81. The normalized spacial score (nSPS) is 8.85. The van der Waals surface area contributed by atoms with Gasteiger partial charge in [-0.15, -0.1) is 0 Å². The molecule has 0 amide bonds. The third-order valence-corrected chi connectivity index (χ3v) is 1.22. The molecule has 0 bridgehead atoms. The lowest BCUT2D eigenvalue weighted by Gasteiger charge is -1.89. The monoisotopic (exact) mass is 183 g/mol. The Morgan fingerprint density at radius 2 is 2.23 bits per heavy atom. The van der Waals surface area contributed by atoms with Crippen molar-refractivity contribution in [1.82, 2.24) is 10.5 Å². The fourth-order valence-electron chi connectivity index (χ4n) is 0.624. The van der Waals surface area contributed by atoms with Crippen molar-refractivity contribution < 1.29 is 4.84 Å². The van der Waals surface area contributed by atoms with Crippen LogP contribution in [0.1, 0.15) is 12.5 Å². The average Bonchev–Trinajstić information content (AvgIpc) is 2.13. The average molecular weight is 183 g/mol. The summed E-state index contributed by atoms with van der Waals surface area (Å²) >= 11 is 0. The van der Waals surface area contributed by atoms with E-state index in [9.17, 15) is 0 Å². The van der Waals surface area contributed by atoms with Crippen molar-refractivity contribution in [2.45, 2.75) is 13.8 Å². The van der Waals surface area contributed by atoms with Crippen LogP contribution in [0.2, 0.25) is 0 Å². The quantitative estimate of drug-likeness (QED) is 0.675. The van der Waals surface area contributed by atoms with Crippen LogP contribution in [0.25, 0.3) is 0 Å². The number of rotatable bonds is 2. The molecule has 74 valence electrons. The van der Waals surface area contributed by atoms with E-state index in [4.69, 9.17) is 5.73 Å². The first-order chi connectivity index (χ1) is 6.20. The predicted molar refractivity (Wildman–Crippen MR) is 54.1 cm³/mol. The van der Waals surface area contributed by atoms with E-state index in [1.54, 1.807) is 19.3 Å². The molecule has 0 saturated heterocycles. The second-order valence-corrected chi connectivity index (χ2v) is 2.40. The molecular formula is C9H17N3O. The van der Waals surface area contributed by atoms with Gasteiger partial charge in [-0.1, -0.05) is 6.07 Å². The summed E-state index contributed by atoms with van der Waals surface area (Å²) in [5.41, 5.74) is 8.97. The number of anilines is 1. The lowest BCUT2D eigenvalue weighted by molar-refractivity contribution is 0.0687. The van der Waals surface area contributed by atoms with Gasteiger partial charge in [-0.2, -0.15) is 0 Å². The topological polar surface area (TPSA) is 60.2 Å². The molecule has 0 atom stereocenters. The van der Waals surface area contributed by atoms with Crippen LogP contribution < -0.4 is 11.2 Å². The van der Waals surface area contributed by atoms with Crippen LogP contribution in [0.4, 0.5) is 5.82 Å². The van der Waals surface area contributed by atoms with Gasteiger partial charge in [0.25, 0.3) is 0 Å². The summed E-state index contributed by atoms with van der Waals surface area (Å²) in [5.74, 6) is 0.579. The molecular weight excluding hydrogens is 166 g/mol. The molecule has 1 heterocycles. The van der Waals surface area contributed by atoms with Gasteiger partial charge >= 0.3 is 0 Å². The zero-order valence-corrected chi connectivity index (χ0v) is 8.37. The number of nitrogens with zero attached hydrogens (tertiary/aromatic N) is 1. The number of aromatic nitrogens is 1. The van der Waals surface area contributed by atoms with E-state index < -0.39 is 0 Å². The molecule has 0 unspecified atom stereocenters. The number of nitrogens with one attached hydrogen (secondary N) is 1. The largest absolute Gasteiger partial charge is 0.384 e. The number of nitrogen functional groups attached to an aromatic ring is 1. The highest BCUT2D eigenvalue weighted by Crippen LogP contribution is 1.97. The Labute approximate surface area is 79.1 Å². The first-order valence-electron chi connectivity index (χ1n) is 4.17. The van der Waals surface area contributed by atoms with Crippen molar-refractivity contribution in [3.63, 3.8) is 0 Å². The second-order valence-electron chi connectivity index (χ2n) is 2.40. The maximum absolute atomic E-state index is 5.32. The molecule has 13 heavy (non-hydrogen) atoms. The van der Waals surface area contributed by atoms with E-state index in [-0.39, 0.29) is 0 Å². The molecule has 0 spiro atoms. The molecule has 4 nitrogen and oxygen atoms in total. The van der Waals surface area contributed by atoms with Crippen molar-refractivity contribution >= 4 is 5.82 Å². The highest BCUT2D eigenvalue weighted by atomic mass is 16.6. The van der Waals surface area contributed by atoms with Crippen molar-refractivity contribution in [2.24, 2.45) is 0 Å². The summed E-state index contributed by atoms with van der Waals surface area (Å²) < 4.78 is 0. The minimum Gasteiger partial charge on any atom is -0.384 e. The Morgan fingerprint density at radius 1 is 1.54 bits per heavy atom. The highest BCUT2D eigenvalue weighted by molar-refractivity contribution is 5.28. The van der Waals surface area contributed by atoms with Gasteiger partial charge in [0.15, 0.2) is 0 Å². The SMILES string of the molecule is CCONC.Cc1ccc(N)nc1. The number of hydrogen-bond acceptors (Lipinski definition) is 4. The Hall–Kier alpha value is -1.13. The molecule has 0 aliphatic rings. The molecule has 3 N–H and O–H groups in total. The first kappa shape index (κ1) is 11.9. The third-order valence-electron chi connectivity index (χ3n) is 1.22. The zero-order chi connectivity index (χ0) is 10.1. The molecule has 1 aromatic heterocycles. The fourth-order valence-corrected chi connectivity index (χ4v) is 0.624. The Bertz CT molecular complexity index is 188. The van der Waals surface area contributed by atoms with Gasteiger partial charge in [-0.05, 0) is 25.5 Å². The molecule has 0 aromatic carbocycles. The van der Waals surface area contributed by atoms with Crippen LogP contribution in [0.3, 0.4) is 0 Å². The molecule has 0 aliphatic heterocycles. The maximum atomic E-state index is 5.32. The summed E-state index contributed by atoms with van der Waals surface area (Å²) in [7, 11) is 1.74. The Morgan fingerprint density at radius 3 is 2.46 bits per heavy atom. The van der Waals surface area contributed by atoms with Crippen molar-refractivity contribution in [1.29, 1.82) is 0 Å². The predicted octanol–water partition coefficient (Wildman–Crippen LogP) is 1.13. The molecule has 0 radical (unpaired) electrons. The van der Waals surface area contributed by atoms with Crippen LogP contribution in [-0.2, 0) is 4.84 Å². The van der Waals surface area contributed by atoms with E-state index in [1.807, 2.05) is 19.9 Å². The summed E-state index contributed by atoms with van der Waals surface area (Å²) in [4.78, 5) is 8.44. The molecule has 4 heteroatoms. The van der Waals surface area contributed by atoms with Crippen molar-refractivity contribution in [2.75, 3.05) is 19.4 Å². The van der Waals surface area contributed by atoms with Gasteiger partial charge in [-0.3, -0.25) is 0 Å². The lowest BCUT2D eigenvalue weighted by Crippen LogP contribution is -2.05. The third kappa shape index (κ3) is 7.24. The molecule has 1 aromatic rings. The van der Waals surface area contributed by atoms with Gasteiger partial charge in [0.05, 0.1) is 6.61 Å². The van der Waals surface area contributed by atoms with Crippen molar-refractivity contribution in [3.8, 4) is 0 Å². The van der Waals surface area contributed by atoms with Crippen LogP contribution in [0.15, 0.2) is 18.3 Å². The van der Waals surface area contributed by atoms with E-state index in [0.717, 1.165) is 12.2 Å². The van der Waals surface area contributed by atoms with Gasteiger partial charge in [0.1, 0.15) is 5.82 Å². The maximum Gasteiger partial charge on any atom is 0.123 e. The number of hydrogen-bond donors (Lipinski definition) is 2. The minimum atomic E-state index is 0.579. The smallest absolute Gasteiger partial charge is 0.123 e. The number of hydroxylamine groups is 1. The standard InChI is InChI=1S/C6H8N2.C3H9NO/c1-5-2-3-6(7)8-4-5;1-3-5-4-2/h2-4H,1H3,(H2,7,8);4H,3H2,1-2H3. The van der Waals surface area contributed by atoms with Gasteiger partial charge in [-0.25, -0.2) is 10.5 Å². The summed E-state index contributed by atoms with van der Waals surface area (Å²) in [6, 6.07) is 3.72. The Kier molecular flexibility index (Phi) is 6.86. The molecule has 0 aliphatic carbocycles. The summed E-state index contributed by atoms with van der Waals surface area (Å²) in [6.45, 7) is 4.64. The van der Waals surface area contributed by atoms with Crippen LogP contribution in [0.5, 0.6) is 0 Å². The summed E-state index contributed by atoms with van der Waals surface area (Å²) in [6.07, 6.45) is 1.75. The van der Waals surface area contributed by atoms with Crippen LogP contribution >= 0.6 is 0 Å².